The zero-order chi connectivity index (χ0) is 16.2. The molecule has 1 amide bonds. The fraction of sp³-hybridized carbons (Fsp3) is 0.438. The Bertz CT molecular complexity index is 846. The molecule has 0 saturated heterocycles. The number of H-pyrrole nitrogens is 1. The van der Waals surface area contributed by atoms with Crippen LogP contribution in [0.3, 0.4) is 0 Å². The second-order valence-electron chi connectivity index (χ2n) is 6.89. The maximum Gasteiger partial charge on any atom is 0.404 e. The van der Waals surface area contributed by atoms with E-state index in [4.69, 9.17) is 5.11 Å². The number of benzene rings is 1. The number of nitrogens with zero attached hydrogens (tertiary/aromatic N) is 1. The van der Waals surface area contributed by atoms with Gasteiger partial charge in [-0.05, 0) is 37.2 Å². The lowest BCUT2D eigenvalue weighted by molar-refractivity contribution is -0.178. The minimum atomic E-state index is -1.06. The highest BCUT2D eigenvalue weighted by Gasteiger charge is 2.61. The van der Waals surface area contributed by atoms with Gasteiger partial charge < -0.3 is 15.5 Å². The van der Waals surface area contributed by atoms with Gasteiger partial charge in [0.1, 0.15) is 11.3 Å². The number of carboxylic acid groups (broad SMARTS) is 1. The van der Waals surface area contributed by atoms with Crippen LogP contribution in [0.2, 0.25) is 0 Å². The number of fused-ring (bicyclic) bond motifs is 1. The van der Waals surface area contributed by atoms with Crippen molar-refractivity contribution in [2.45, 2.75) is 37.3 Å². The van der Waals surface area contributed by atoms with E-state index in [0.717, 1.165) is 12.8 Å². The normalized spacial score (nSPS) is 32.3. The van der Waals surface area contributed by atoms with Crippen LogP contribution in [0.5, 0.6) is 0 Å². The van der Waals surface area contributed by atoms with Crippen molar-refractivity contribution in [1.82, 2.24) is 15.5 Å². The van der Waals surface area contributed by atoms with Gasteiger partial charge in [-0.2, -0.15) is 5.10 Å². The maximum atomic E-state index is 11.8. The van der Waals surface area contributed by atoms with Gasteiger partial charge >= 0.3 is 6.09 Å². The summed E-state index contributed by atoms with van der Waals surface area (Å²) < 4.78 is 0. The molecule has 1 aromatic carbocycles. The molecule has 7 nitrogen and oxygen atoms in total. The van der Waals surface area contributed by atoms with Gasteiger partial charge in [-0.3, -0.25) is 4.79 Å². The Morgan fingerprint density at radius 2 is 1.91 bits per heavy atom. The van der Waals surface area contributed by atoms with Crippen LogP contribution in [0, 0.1) is 5.41 Å². The van der Waals surface area contributed by atoms with E-state index in [1.807, 2.05) is 6.07 Å². The smallest absolute Gasteiger partial charge is 0.404 e. The number of amides is 1. The molecule has 7 heteroatoms. The number of aliphatic hydroxyl groups is 1. The number of nitrogens with one attached hydrogen (secondary N) is 2. The SMILES string of the molecule is O=C(O)NC1CC2(C1)CC(O)(c1n[nH]c(=O)c3ccccc13)C2. The molecule has 0 radical (unpaired) electrons. The van der Waals surface area contributed by atoms with Crippen molar-refractivity contribution < 1.29 is 15.0 Å². The monoisotopic (exact) mass is 315 g/mol. The molecule has 4 N–H and O–H groups in total. The molecule has 1 spiro atoms. The van der Waals surface area contributed by atoms with Gasteiger partial charge in [0.05, 0.1) is 5.39 Å². The summed E-state index contributed by atoms with van der Waals surface area (Å²) >= 11 is 0. The van der Waals surface area contributed by atoms with Gasteiger partial charge in [0, 0.05) is 11.4 Å². The summed E-state index contributed by atoms with van der Waals surface area (Å²) in [5.74, 6) is 0. The molecule has 2 aliphatic carbocycles. The van der Waals surface area contributed by atoms with Crippen molar-refractivity contribution in [2.24, 2.45) is 5.41 Å². The summed E-state index contributed by atoms with van der Waals surface area (Å²) in [6.07, 6.45) is 1.56. The minimum Gasteiger partial charge on any atom is -0.465 e. The second-order valence-corrected chi connectivity index (χ2v) is 6.89. The zero-order valence-electron chi connectivity index (χ0n) is 12.4. The van der Waals surface area contributed by atoms with Crippen LogP contribution >= 0.6 is 0 Å². The van der Waals surface area contributed by atoms with Gasteiger partial charge in [0.2, 0.25) is 0 Å². The summed E-state index contributed by atoms with van der Waals surface area (Å²) in [6, 6.07) is 7.08. The van der Waals surface area contributed by atoms with E-state index in [-0.39, 0.29) is 17.0 Å². The third kappa shape index (κ3) is 2.11. The molecule has 2 aliphatic rings. The standard InChI is InChI=1S/C16H17N3O4/c20-13-11-4-2-1-3-10(11)12(18-19-13)16(23)7-15(8-16)5-9(6-15)17-14(21)22/h1-4,9,17,23H,5-8H2,(H,19,20)(H,21,22). The van der Waals surface area contributed by atoms with Crippen molar-refractivity contribution in [3.05, 3.63) is 40.3 Å². The molecule has 2 aromatic rings. The Labute approximate surface area is 131 Å². The molecule has 23 heavy (non-hydrogen) atoms. The van der Waals surface area contributed by atoms with Crippen LogP contribution in [0.1, 0.15) is 31.4 Å². The molecule has 1 aromatic heterocycles. The van der Waals surface area contributed by atoms with Crippen LogP contribution in [0.4, 0.5) is 4.79 Å². The predicted octanol–water partition coefficient (Wildman–Crippen LogP) is 1.32. The summed E-state index contributed by atoms with van der Waals surface area (Å²) in [4.78, 5) is 22.5. The molecule has 120 valence electrons. The third-order valence-corrected chi connectivity index (χ3v) is 5.16. The Morgan fingerprint density at radius 3 is 2.57 bits per heavy atom. The maximum absolute atomic E-state index is 11.8. The summed E-state index contributed by atoms with van der Waals surface area (Å²) in [7, 11) is 0. The summed E-state index contributed by atoms with van der Waals surface area (Å²) in [5, 5.41) is 29.9. The van der Waals surface area contributed by atoms with Crippen molar-refractivity contribution in [3.63, 3.8) is 0 Å². The Balaban J connectivity index is 1.58. The highest BCUT2D eigenvalue weighted by atomic mass is 16.4. The van der Waals surface area contributed by atoms with Gasteiger partial charge in [-0.15, -0.1) is 0 Å². The fourth-order valence-corrected chi connectivity index (χ4v) is 4.38. The number of rotatable bonds is 2. The van der Waals surface area contributed by atoms with Crippen LogP contribution < -0.4 is 10.9 Å². The average Bonchev–Trinajstić information content (AvgIpc) is 2.43. The summed E-state index contributed by atoms with van der Waals surface area (Å²) in [6.45, 7) is 0. The van der Waals surface area contributed by atoms with Gasteiger partial charge in [0.25, 0.3) is 5.56 Å². The zero-order valence-corrected chi connectivity index (χ0v) is 12.4. The van der Waals surface area contributed by atoms with Gasteiger partial charge in [-0.1, -0.05) is 18.2 Å². The molecule has 0 atom stereocenters. The molecular weight excluding hydrogens is 298 g/mol. The number of aromatic nitrogens is 2. The first-order valence-electron chi connectivity index (χ1n) is 7.61. The minimum absolute atomic E-state index is 0.0131. The number of carbonyl (C=O) groups is 1. The largest absolute Gasteiger partial charge is 0.465 e. The van der Waals surface area contributed by atoms with Crippen LogP contribution in [0.25, 0.3) is 10.8 Å². The van der Waals surface area contributed by atoms with Crippen LogP contribution in [-0.2, 0) is 5.60 Å². The number of hydrogen-bond acceptors (Lipinski definition) is 4. The molecule has 2 saturated carbocycles. The van der Waals surface area contributed by atoms with Crippen molar-refractivity contribution in [3.8, 4) is 0 Å². The molecule has 1 heterocycles. The Hall–Kier alpha value is -2.41. The van der Waals surface area contributed by atoms with Crippen LogP contribution in [-0.4, -0.2) is 32.5 Å². The van der Waals surface area contributed by atoms with E-state index < -0.39 is 11.7 Å². The molecule has 0 bridgehead atoms. The van der Waals surface area contributed by atoms with Crippen molar-refractivity contribution in [2.75, 3.05) is 0 Å². The summed E-state index contributed by atoms with van der Waals surface area (Å²) in [5.41, 5.74) is -0.831. The first-order valence-corrected chi connectivity index (χ1v) is 7.61. The average molecular weight is 315 g/mol. The fourth-order valence-electron chi connectivity index (χ4n) is 4.38. The highest BCUT2D eigenvalue weighted by molar-refractivity contribution is 5.84. The van der Waals surface area contributed by atoms with Crippen molar-refractivity contribution >= 4 is 16.9 Å². The molecular formula is C16H17N3O4. The molecule has 4 rings (SSSR count). The van der Waals surface area contributed by atoms with E-state index in [1.165, 1.54) is 0 Å². The second kappa shape index (κ2) is 4.55. The Kier molecular flexibility index (Phi) is 2.81. The van der Waals surface area contributed by atoms with E-state index in [2.05, 4.69) is 15.5 Å². The lowest BCUT2D eigenvalue weighted by atomic mass is 9.47. The Morgan fingerprint density at radius 1 is 1.26 bits per heavy atom. The quantitative estimate of drug-likeness (QED) is 0.667. The van der Waals surface area contributed by atoms with Crippen LogP contribution in [0.15, 0.2) is 29.1 Å². The van der Waals surface area contributed by atoms with E-state index in [1.54, 1.807) is 18.2 Å². The predicted molar refractivity (Wildman–Crippen MR) is 82.1 cm³/mol. The highest BCUT2D eigenvalue weighted by Crippen LogP contribution is 2.63. The first-order chi connectivity index (χ1) is 10.9. The third-order valence-electron chi connectivity index (χ3n) is 5.16. The molecule has 2 fully saturated rings. The van der Waals surface area contributed by atoms with E-state index >= 15 is 0 Å². The van der Waals surface area contributed by atoms with Crippen molar-refractivity contribution in [1.29, 1.82) is 0 Å². The van der Waals surface area contributed by atoms with Gasteiger partial charge in [0.15, 0.2) is 0 Å². The topological polar surface area (TPSA) is 115 Å². The molecule has 0 aliphatic heterocycles. The van der Waals surface area contributed by atoms with E-state index in [0.29, 0.717) is 29.3 Å². The number of hydrogen-bond donors (Lipinski definition) is 4. The number of aromatic amines is 1. The first kappa shape index (κ1) is 14.2. The van der Waals surface area contributed by atoms with E-state index in [9.17, 15) is 14.7 Å². The lowest BCUT2D eigenvalue weighted by Crippen LogP contribution is -2.61. The van der Waals surface area contributed by atoms with Gasteiger partial charge in [-0.25, -0.2) is 9.89 Å². The molecule has 0 unspecified atom stereocenters. The lowest BCUT2D eigenvalue weighted by Gasteiger charge is -2.61.